The van der Waals surface area contributed by atoms with Crippen molar-refractivity contribution in [3.63, 3.8) is 0 Å². The van der Waals surface area contributed by atoms with Crippen LogP contribution in [-0.4, -0.2) is 47.9 Å². The van der Waals surface area contributed by atoms with Crippen molar-refractivity contribution in [2.24, 2.45) is 11.8 Å². The van der Waals surface area contributed by atoms with Crippen LogP contribution >= 0.6 is 0 Å². The van der Waals surface area contributed by atoms with Crippen molar-refractivity contribution in [3.8, 4) is 0 Å². The summed E-state index contributed by atoms with van der Waals surface area (Å²) in [6, 6.07) is 0. The first kappa shape index (κ1) is 22.9. The average Bonchev–Trinajstić information content (AvgIpc) is 2.93. The highest BCUT2D eigenvalue weighted by Crippen LogP contribution is 2.37. The fourth-order valence-corrected chi connectivity index (χ4v) is 3.52. The number of aliphatic hydroxyl groups excluding tert-OH is 1. The van der Waals surface area contributed by atoms with Gasteiger partial charge in [0.05, 0.1) is 18.4 Å². The molecule has 7 heteroatoms. The van der Waals surface area contributed by atoms with E-state index >= 15 is 0 Å². The summed E-state index contributed by atoms with van der Waals surface area (Å²) < 4.78 is 16.8. The predicted octanol–water partition coefficient (Wildman–Crippen LogP) is 2.63. The molecule has 160 valence electrons. The Morgan fingerprint density at radius 3 is 2.66 bits per heavy atom. The molecule has 0 amide bonds. The fourth-order valence-electron chi connectivity index (χ4n) is 3.52. The maximum absolute atomic E-state index is 12.6. The average molecular weight is 406 g/mol. The minimum absolute atomic E-state index is 0.149. The van der Waals surface area contributed by atoms with Gasteiger partial charge in [-0.2, -0.15) is 0 Å². The Morgan fingerprint density at radius 1 is 1.38 bits per heavy atom. The highest BCUT2D eigenvalue weighted by Gasteiger charge is 2.49. The molecule has 2 rings (SSSR count). The third-order valence-corrected chi connectivity index (χ3v) is 5.42. The van der Waals surface area contributed by atoms with Crippen LogP contribution < -0.4 is 0 Å². The van der Waals surface area contributed by atoms with E-state index in [1.165, 1.54) is 6.92 Å². The number of aliphatic hydroxyl groups is 1. The maximum atomic E-state index is 12.6. The van der Waals surface area contributed by atoms with E-state index in [9.17, 15) is 19.5 Å². The monoisotopic (exact) mass is 406 g/mol. The molecule has 0 aromatic rings. The first-order valence-corrected chi connectivity index (χ1v) is 9.94. The van der Waals surface area contributed by atoms with E-state index in [4.69, 9.17) is 14.2 Å². The van der Waals surface area contributed by atoms with Crippen LogP contribution in [0.2, 0.25) is 0 Å². The molecule has 7 nitrogen and oxygen atoms in total. The standard InChI is InChI=1S/C22H30O7/c1-6-13(3)21(25)29-20-18-14(4)22(26)28-17(18)10-12(2)8-7-9-16(11-23)19(20)27-15(5)24/h9-10,13,17-20,23H,4,6-8,11H2,1-3,5H3/b12-10-,16-9-/t13-,17-,18+,19+,20+/m1/s1. The van der Waals surface area contributed by atoms with Gasteiger partial charge in [0.1, 0.15) is 6.10 Å². The predicted molar refractivity (Wildman–Crippen MR) is 106 cm³/mol. The number of fused-ring (bicyclic) bond motifs is 1. The maximum Gasteiger partial charge on any atom is 0.334 e. The van der Waals surface area contributed by atoms with Gasteiger partial charge in [0.25, 0.3) is 0 Å². The van der Waals surface area contributed by atoms with Crippen LogP contribution in [-0.2, 0) is 28.6 Å². The van der Waals surface area contributed by atoms with Gasteiger partial charge in [-0.3, -0.25) is 9.59 Å². The van der Waals surface area contributed by atoms with E-state index in [2.05, 4.69) is 6.58 Å². The summed E-state index contributed by atoms with van der Waals surface area (Å²) in [5.41, 5.74) is 1.56. The van der Waals surface area contributed by atoms with Crippen molar-refractivity contribution < 1.29 is 33.7 Å². The molecular formula is C22H30O7. The second-order valence-corrected chi connectivity index (χ2v) is 7.65. The van der Waals surface area contributed by atoms with Gasteiger partial charge in [0.15, 0.2) is 12.2 Å². The van der Waals surface area contributed by atoms with Gasteiger partial charge in [0.2, 0.25) is 0 Å². The van der Waals surface area contributed by atoms with Gasteiger partial charge in [-0.05, 0) is 37.8 Å². The second-order valence-electron chi connectivity index (χ2n) is 7.65. The van der Waals surface area contributed by atoms with Gasteiger partial charge >= 0.3 is 17.9 Å². The number of esters is 3. The highest BCUT2D eigenvalue weighted by molar-refractivity contribution is 5.91. The van der Waals surface area contributed by atoms with Crippen molar-refractivity contribution in [1.82, 2.24) is 0 Å². The SMILES string of the molecule is C=C1C(=O)O[C@@H]2/C=C(/C)CC/C=C(/CO)[C@H](OC(C)=O)[C@@H](OC(=O)[C@H](C)CC)[C@@H]12. The van der Waals surface area contributed by atoms with Crippen LogP contribution in [0.4, 0.5) is 0 Å². The number of ether oxygens (including phenoxy) is 3. The summed E-state index contributed by atoms with van der Waals surface area (Å²) in [5, 5.41) is 9.95. The lowest BCUT2D eigenvalue weighted by Gasteiger charge is -2.34. The molecule has 0 bridgehead atoms. The molecule has 1 saturated heterocycles. The smallest absolute Gasteiger partial charge is 0.334 e. The largest absolute Gasteiger partial charge is 0.457 e. The summed E-state index contributed by atoms with van der Waals surface area (Å²) in [6.45, 7) is 10.2. The van der Waals surface area contributed by atoms with Gasteiger partial charge in [-0.1, -0.05) is 32.1 Å². The summed E-state index contributed by atoms with van der Waals surface area (Å²) in [7, 11) is 0. The van der Waals surface area contributed by atoms with E-state index in [-0.39, 0.29) is 18.1 Å². The van der Waals surface area contributed by atoms with Gasteiger partial charge in [-0.25, -0.2) is 4.79 Å². The number of rotatable bonds is 5. The number of hydrogen-bond acceptors (Lipinski definition) is 7. The van der Waals surface area contributed by atoms with E-state index < -0.39 is 42.1 Å². The first-order chi connectivity index (χ1) is 13.7. The van der Waals surface area contributed by atoms with Gasteiger partial charge in [-0.15, -0.1) is 0 Å². The Bertz CT molecular complexity index is 733. The Hall–Kier alpha value is -2.41. The Kier molecular flexibility index (Phi) is 7.79. The zero-order valence-electron chi connectivity index (χ0n) is 17.5. The van der Waals surface area contributed by atoms with Crippen LogP contribution in [0.1, 0.15) is 47.0 Å². The van der Waals surface area contributed by atoms with Crippen LogP contribution in [0.3, 0.4) is 0 Å². The molecule has 1 aliphatic heterocycles. The molecule has 0 radical (unpaired) electrons. The molecule has 1 heterocycles. The zero-order valence-corrected chi connectivity index (χ0v) is 17.5. The van der Waals surface area contributed by atoms with E-state index in [1.54, 1.807) is 13.0 Å². The van der Waals surface area contributed by atoms with Crippen LogP contribution in [0.25, 0.3) is 0 Å². The molecule has 0 aromatic carbocycles. The Balaban J connectivity index is 2.59. The normalized spacial score (nSPS) is 32.0. The zero-order chi connectivity index (χ0) is 21.7. The number of carbonyl (C=O) groups excluding carboxylic acids is 3. The van der Waals surface area contributed by atoms with E-state index in [0.29, 0.717) is 24.8 Å². The van der Waals surface area contributed by atoms with Crippen molar-refractivity contribution in [1.29, 1.82) is 0 Å². The molecule has 29 heavy (non-hydrogen) atoms. The molecule has 0 spiro atoms. The minimum Gasteiger partial charge on any atom is -0.457 e. The Morgan fingerprint density at radius 2 is 2.07 bits per heavy atom. The summed E-state index contributed by atoms with van der Waals surface area (Å²) in [4.78, 5) is 36.8. The molecule has 1 N–H and O–H groups in total. The van der Waals surface area contributed by atoms with Crippen LogP contribution in [0.5, 0.6) is 0 Å². The lowest BCUT2D eigenvalue weighted by Crippen LogP contribution is -2.46. The van der Waals surface area contributed by atoms with Gasteiger partial charge in [0, 0.05) is 12.5 Å². The van der Waals surface area contributed by atoms with Gasteiger partial charge < -0.3 is 19.3 Å². The molecular weight excluding hydrogens is 376 g/mol. The third-order valence-electron chi connectivity index (χ3n) is 5.42. The summed E-state index contributed by atoms with van der Waals surface area (Å²) >= 11 is 0. The molecule has 1 aliphatic carbocycles. The molecule has 0 saturated carbocycles. The Labute approximate surface area is 171 Å². The van der Waals surface area contributed by atoms with E-state index in [1.807, 2.05) is 19.9 Å². The van der Waals surface area contributed by atoms with Crippen molar-refractivity contribution in [2.45, 2.75) is 65.3 Å². The highest BCUT2D eigenvalue weighted by atomic mass is 16.6. The molecule has 1 fully saturated rings. The quantitative estimate of drug-likeness (QED) is 0.324. The molecule has 0 aromatic heterocycles. The van der Waals surface area contributed by atoms with Crippen molar-refractivity contribution >= 4 is 17.9 Å². The van der Waals surface area contributed by atoms with Crippen LogP contribution in [0.15, 0.2) is 35.5 Å². The molecule has 2 aliphatic rings. The topological polar surface area (TPSA) is 99.1 Å². The fraction of sp³-hybridized carbons (Fsp3) is 0.591. The van der Waals surface area contributed by atoms with E-state index in [0.717, 1.165) is 5.57 Å². The third kappa shape index (κ3) is 5.35. The molecule has 5 atom stereocenters. The lowest BCUT2D eigenvalue weighted by atomic mass is 9.83. The first-order valence-electron chi connectivity index (χ1n) is 9.94. The molecule has 0 unspecified atom stereocenters. The van der Waals surface area contributed by atoms with Crippen molar-refractivity contribution in [3.05, 3.63) is 35.5 Å². The number of allylic oxidation sites excluding steroid dienone is 2. The number of hydrogen-bond donors (Lipinski definition) is 1. The summed E-state index contributed by atoms with van der Waals surface area (Å²) in [5.74, 6) is -2.76. The lowest BCUT2D eigenvalue weighted by molar-refractivity contribution is -0.171. The minimum atomic E-state index is -1.05. The number of carbonyl (C=O) groups is 3. The van der Waals surface area contributed by atoms with Crippen LogP contribution in [0, 0.1) is 11.8 Å². The van der Waals surface area contributed by atoms with Crippen molar-refractivity contribution in [2.75, 3.05) is 6.61 Å². The second kappa shape index (κ2) is 9.87. The summed E-state index contributed by atoms with van der Waals surface area (Å²) in [6.07, 6.45) is 2.66.